The van der Waals surface area contributed by atoms with Gasteiger partial charge >= 0.3 is 0 Å². The first-order valence-corrected chi connectivity index (χ1v) is 6.69. The van der Waals surface area contributed by atoms with Gasteiger partial charge in [0.1, 0.15) is 0 Å². The number of hydrogen-bond donors (Lipinski definition) is 2. The third-order valence-corrected chi connectivity index (χ3v) is 3.28. The highest BCUT2D eigenvalue weighted by Crippen LogP contribution is 2.15. The zero-order valence-electron chi connectivity index (χ0n) is 11.8. The van der Waals surface area contributed by atoms with Crippen molar-refractivity contribution in [3.05, 3.63) is 59.4 Å². The van der Waals surface area contributed by atoms with Crippen LogP contribution in [0.4, 0.5) is 0 Å². The lowest BCUT2D eigenvalue weighted by atomic mass is 10.1. The molecule has 1 heterocycles. The minimum atomic E-state index is -0.615. The smallest absolute Gasteiger partial charge is 0.251 e. The third-order valence-electron chi connectivity index (χ3n) is 3.28. The minimum Gasteiger partial charge on any atom is -0.387 e. The SMILES string of the molecule is Cn1cccc1[C@@H](O)CCNC(=O)c1cccc(C#N)c1. The number of aliphatic hydroxyl groups is 1. The van der Waals surface area contributed by atoms with Crippen molar-refractivity contribution in [2.45, 2.75) is 12.5 Å². The Labute approximate surface area is 123 Å². The van der Waals surface area contributed by atoms with Crippen molar-refractivity contribution in [1.29, 1.82) is 5.26 Å². The van der Waals surface area contributed by atoms with Crippen LogP contribution in [0.2, 0.25) is 0 Å². The van der Waals surface area contributed by atoms with Crippen LogP contribution in [0.5, 0.6) is 0 Å². The highest BCUT2D eigenvalue weighted by Gasteiger charge is 2.11. The molecule has 2 N–H and O–H groups in total. The fourth-order valence-corrected chi connectivity index (χ4v) is 2.12. The van der Waals surface area contributed by atoms with E-state index in [4.69, 9.17) is 5.26 Å². The molecule has 5 heteroatoms. The predicted molar refractivity (Wildman–Crippen MR) is 78.5 cm³/mol. The highest BCUT2D eigenvalue weighted by atomic mass is 16.3. The molecule has 1 amide bonds. The van der Waals surface area contributed by atoms with Gasteiger partial charge in [-0.2, -0.15) is 5.26 Å². The van der Waals surface area contributed by atoms with E-state index in [1.165, 1.54) is 0 Å². The summed E-state index contributed by atoms with van der Waals surface area (Å²) in [5.74, 6) is -0.244. The van der Waals surface area contributed by atoms with Crippen LogP contribution in [0.15, 0.2) is 42.6 Å². The second kappa shape index (κ2) is 6.73. The topological polar surface area (TPSA) is 78.0 Å². The molecule has 0 radical (unpaired) electrons. The first kappa shape index (κ1) is 14.8. The number of carbonyl (C=O) groups excluding carboxylic acids is 1. The lowest BCUT2D eigenvalue weighted by Crippen LogP contribution is -2.26. The molecule has 2 aromatic rings. The summed E-state index contributed by atoms with van der Waals surface area (Å²) in [7, 11) is 1.87. The summed E-state index contributed by atoms with van der Waals surface area (Å²) in [6, 6.07) is 12.2. The zero-order chi connectivity index (χ0) is 15.2. The number of aliphatic hydroxyl groups excluding tert-OH is 1. The standard InChI is InChI=1S/C16H17N3O2/c1-19-9-3-6-14(19)15(20)7-8-18-16(21)13-5-2-4-12(10-13)11-17/h2-6,9-10,15,20H,7-8H2,1H3,(H,18,21)/t15-/m0/s1. The largest absolute Gasteiger partial charge is 0.387 e. The monoisotopic (exact) mass is 283 g/mol. The molecular weight excluding hydrogens is 266 g/mol. The minimum absolute atomic E-state index is 0.244. The lowest BCUT2D eigenvalue weighted by Gasteiger charge is -2.12. The van der Waals surface area contributed by atoms with E-state index >= 15 is 0 Å². The number of benzene rings is 1. The van der Waals surface area contributed by atoms with Crippen LogP contribution in [0.3, 0.4) is 0 Å². The summed E-state index contributed by atoms with van der Waals surface area (Å²) in [5, 5.41) is 21.6. The molecule has 108 valence electrons. The Morgan fingerprint density at radius 2 is 2.24 bits per heavy atom. The number of amides is 1. The number of aryl methyl sites for hydroxylation is 1. The summed E-state index contributed by atoms with van der Waals surface area (Å²) in [6.07, 6.45) is 1.68. The Morgan fingerprint density at radius 1 is 1.43 bits per heavy atom. The van der Waals surface area contributed by atoms with Gasteiger partial charge in [-0.1, -0.05) is 6.07 Å². The van der Waals surface area contributed by atoms with E-state index in [1.54, 1.807) is 24.3 Å². The van der Waals surface area contributed by atoms with Gasteiger partial charge in [-0.25, -0.2) is 0 Å². The second-order valence-electron chi connectivity index (χ2n) is 4.80. The van der Waals surface area contributed by atoms with Gasteiger partial charge in [-0.05, 0) is 36.8 Å². The molecular formula is C16H17N3O2. The zero-order valence-corrected chi connectivity index (χ0v) is 11.8. The summed E-state index contributed by atoms with van der Waals surface area (Å²) in [5.41, 5.74) is 1.71. The van der Waals surface area contributed by atoms with Gasteiger partial charge in [-0.15, -0.1) is 0 Å². The molecule has 0 saturated carbocycles. The van der Waals surface area contributed by atoms with Crippen molar-refractivity contribution >= 4 is 5.91 Å². The first-order valence-electron chi connectivity index (χ1n) is 6.69. The maximum atomic E-state index is 11.9. The van der Waals surface area contributed by atoms with Crippen molar-refractivity contribution in [2.75, 3.05) is 6.54 Å². The Bertz CT molecular complexity index is 670. The van der Waals surface area contributed by atoms with Crippen molar-refractivity contribution in [2.24, 2.45) is 7.05 Å². The van der Waals surface area contributed by atoms with Gasteiger partial charge < -0.3 is 15.0 Å². The third kappa shape index (κ3) is 3.71. The molecule has 2 rings (SSSR count). The van der Waals surface area contributed by atoms with Gasteiger partial charge in [0, 0.05) is 31.0 Å². The van der Waals surface area contributed by atoms with E-state index in [9.17, 15) is 9.90 Å². The van der Waals surface area contributed by atoms with Gasteiger partial charge in [0.25, 0.3) is 5.91 Å². The number of carbonyl (C=O) groups is 1. The van der Waals surface area contributed by atoms with E-state index in [0.29, 0.717) is 24.1 Å². The van der Waals surface area contributed by atoms with E-state index in [-0.39, 0.29) is 5.91 Å². The fraction of sp³-hybridized carbons (Fsp3) is 0.250. The summed E-state index contributed by atoms with van der Waals surface area (Å²) in [6.45, 7) is 0.363. The Morgan fingerprint density at radius 3 is 2.90 bits per heavy atom. The average Bonchev–Trinajstić information content (AvgIpc) is 2.93. The normalized spacial score (nSPS) is 11.7. The van der Waals surface area contributed by atoms with E-state index in [1.807, 2.05) is 36.0 Å². The summed E-state index contributed by atoms with van der Waals surface area (Å²) >= 11 is 0. The molecule has 0 aliphatic heterocycles. The molecule has 5 nitrogen and oxygen atoms in total. The van der Waals surface area contributed by atoms with Crippen LogP contribution in [-0.4, -0.2) is 22.1 Å². The van der Waals surface area contributed by atoms with E-state index < -0.39 is 6.10 Å². The number of nitrogens with zero attached hydrogens (tertiary/aromatic N) is 2. The van der Waals surface area contributed by atoms with Crippen LogP contribution in [0.25, 0.3) is 0 Å². The molecule has 0 fully saturated rings. The maximum Gasteiger partial charge on any atom is 0.251 e. The molecule has 0 saturated heterocycles. The molecule has 0 aliphatic rings. The second-order valence-corrected chi connectivity index (χ2v) is 4.80. The van der Waals surface area contributed by atoms with E-state index in [0.717, 1.165) is 5.69 Å². The first-order chi connectivity index (χ1) is 10.1. The van der Waals surface area contributed by atoms with Crippen molar-refractivity contribution in [3.63, 3.8) is 0 Å². The quantitative estimate of drug-likeness (QED) is 0.877. The molecule has 0 aliphatic carbocycles. The van der Waals surface area contributed by atoms with Crippen LogP contribution in [0, 0.1) is 11.3 Å². The number of hydrogen-bond acceptors (Lipinski definition) is 3. The van der Waals surface area contributed by atoms with E-state index in [2.05, 4.69) is 5.32 Å². The van der Waals surface area contributed by atoms with Crippen LogP contribution < -0.4 is 5.32 Å². The maximum absolute atomic E-state index is 11.9. The van der Waals surface area contributed by atoms with Crippen molar-refractivity contribution in [3.8, 4) is 6.07 Å². The molecule has 1 atom stereocenters. The Balaban J connectivity index is 1.87. The molecule has 1 aromatic carbocycles. The molecule has 0 spiro atoms. The molecule has 0 bridgehead atoms. The fourth-order valence-electron chi connectivity index (χ4n) is 2.12. The van der Waals surface area contributed by atoms with Gasteiger partial charge in [0.15, 0.2) is 0 Å². The molecule has 1 aromatic heterocycles. The summed E-state index contributed by atoms with van der Waals surface area (Å²) in [4.78, 5) is 11.9. The number of rotatable bonds is 5. The van der Waals surface area contributed by atoms with Gasteiger partial charge in [-0.3, -0.25) is 4.79 Å². The van der Waals surface area contributed by atoms with Crippen LogP contribution >= 0.6 is 0 Å². The Kier molecular flexibility index (Phi) is 4.75. The average molecular weight is 283 g/mol. The van der Waals surface area contributed by atoms with Crippen LogP contribution in [0.1, 0.15) is 34.1 Å². The van der Waals surface area contributed by atoms with Gasteiger partial charge in [0.05, 0.1) is 17.7 Å². The number of nitrogens with one attached hydrogen (secondary N) is 1. The van der Waals surface area contributed by atoms with Crippen LogP contribution in [-0.2, 0) is 7.05 Å². The molecule has 21 heavy (non-hydrogen) atoms. The highest BCUT2D eigenvalue weighted by molar-refractivity contribution is 5.94. The van der Waals surface area contributed by atoms with Crippen molar-refractivity contribution in [1.82, 2.24) is 9.88 Å². The van der Waals surface area contributed by atoms with Crippen molar-refractivity contribution < 1.29 is 9.90 Å². The summed E-state index contributed by atoms with van der Waals surface area (Å²) < 4.78 is 1.85. The number of nitriles is 1. The Hall–Kier alpha value is -2.58. The lowest BCUT2D eigenvalue weighted by molar-refractivity contribution is 0.0941. The number of aromatic nitrogens is 1. The predicted octanol–water partition coefficient (Wildman–Crippen LogP) is 1.75. The molecule has 0 unspecified atom stereocenters. The van der Waals surface area contributed by atoms with Gasteiger partial charge in [0.2, 0.25) is 0 Å².